The van der Waals surface area contributed by atoms with E-state index in [0.717, 1.165) is 0 Å². The molecule has 0 aliphatic heterocycles. The van der Waals surface area contributed by atoms with Crippen LogP contribution in [-0.4, -0.2) is 25.0 Å². The molecule has 1 aliphatic carbocycles. The van der Waals surface area contributed by atoms with Crippen LogP contribution in [0.15, 0.2) is 4.99 Å². The van der Waals surface area contributed by atoms with E-state index in [1.165, 1.54) is 0 Å². The fraction of sp³-hybridized carbons (Fsp3) is 0.857. The number of nitrogens with two attached hydrogens (primary N) is 1. The molecule has 1 saturated carbocycles. The van der Waals surface area contributed by atoms with Crippen molar-refractivity contribution in [3.8, 4) is 0 Å². The molecule has 5 heteroatoms. The zero-order valence-corrected chi connectivity index (χ0v) is 6.93. The van der Waals surface area contributed by atoms with Crippen molar-refractivity contribution in [2.75, 3.05) is 6.54 Å². The summed E-state index contributed by atoms with van der Waals surface area (Å²) in [6.07, 6.45) is -1.74. The third kappa shape index (κ3) is 2.32. The van der Waals surface area contributed by atoms with Gasteiger partial charge in [-0.05, 0) is 13.3 Å². The molecular formula is C7H13F2N3. The molecule has 70 valence electrons. The zero-order valence-electron chi connectivity index (χ0n) is 6.93. The minimum absolute atomic E-state index is 0.166. The average molecular weight is 177 g/mol. The van der Waals surface area contributed by atoms with Crippen LogP contribution in [0.2, 0.25) is 0 Å². The highest BCUT2D eigenvalue weighted by atomic mass is 19.3. The first kappa shape index (κ1) is 9.22. The lowest BCUT2D eigenvalue weighted by atomic mass is 10.4. The molecule has 0 amide bonds. The normalized spacial score (nSPS) is 29.2. The average Bonchev–Trinajstić information content (AvgIpc) is 2.67. The Labute approximate surface area is 70.0 Å². The largest absolute Gasteiger partial charge is 0.370 e. The standard InChI is InChI=1S/C7H13F2N3/c1-2-11-7(10)12-5-3-4(5)6(8)9/h4-6H,2-3H2,1H3,(H3,10,11,12)/t4-,5-/m0/s1. The quantitative estimate of drug-likeness (QED) is 0.489. The lowest BCUT2D eigenvalue weighted by Crippen LogP contribution is -2.34. The third-order valence-electron chi connectivity index (χ3n) is 1.83. The molecule has 0 bridgehead atoms. The second-order valence-electron chi connectivity index (χ2n) is 2.84. The van der Waals surface area contributed by atoms with Crippen molar-refractivity contribution in [1.29, 1.82) is 0 Å². The molecule has 1 aliphatic rings. The third-order valence-corrected chi connectivity index (χ3v) is 1.83. The van der Waals surface area contributed by atoms with Gasteiger partial charge in [0, 0.05) is 18.5 Å². The Morgan fingerprint density at radius 3 is 2.83 bits per heavy atom. The second-order valence-corrected chi connectivity index (χ2v) is 2.84. The van der Waals surface area contributed by atoms with Gasteiger partial charge < -0.3 is 11.1 Å². The Morgan fingerprint density at radius 1 is 1.75 bits per heavy atom. The summed E-state index contributed by atoms with van der Waals surface area (Å²) in [5.41, 5.74) is 5.38. The van der Waals surface area contributed by atoms with Gasteiger partial charge in [0.1, 0.15) is 0 Å². The molecule has 0 saturated heterocycles. The van der Waals surface area contributed by atoms with Crippen LogP contribution in [-0.2, 0) is 0 Å². The molecular weight excluding hydrogens is 164 g/mol. The van der Waals surface area contributed by atoms with Crippen molar-refractivity contribution in [2.24, 2.45) is 16.6 Å². The van der Waals surface area contributed by atoms with Crippen molar-refractivity contribution >= 4 is 5.96 Å². The Bertz CT molecular complexity index is 181. The van der Waals surface area contributed by atoms with E-state index in [9.17, 15) is 8.78 Å². The van der Waals surface area contributed by atoms with E-state index in [1.54, 1.807) is 0 Å². The van der Waals surface area contributed by atoms with Crippen LogP contribution in [0.1, 0.15) is 13.3 Å². The number of alkyl halides is 2. The molecule has 1 rings (SSSR count). The number of rotatable bonds is 3. The van der Waals surface area contributed by atoms with Crippen molar-refractivity contribution in [2.45, 2.75) is 25.8 Å². The molecule has 12 heavy (non-hydrogen) atoms. The Kier molecular flexibility index (Phi) is 2.83. The van der Waals surface area contributed by atoms with Gasteiger partial charge in [-0.3, -0.25) is 4.99 Å². The predicted octanol–water partition coefficient (Wildman–Crippen LogP) is 0.564. The molecule has 3 nitrogen and oxygen atoms in total. The van der Waals surface area contributed by atoms with E-state index in [0.29, 0.717) is 13.0 Å². The second kappa shape index (κ2) is 3.69. The van der Waals surface area contributed by atoms with Gasteiger partial charge in [-0.2, -0.15) is 0 Å². The van der Waals surface area contributed by atoms with Crippen molar-refractivity contribution in [3.05, 3.63) is 0 Å². The molecule has 3 N–H and O–H groups in total. The molecule has 0 heterocycles. The fourth-order valence-electron chi connectivity index (χ4n) is 1.07. The molecule has 0 aromatic carbocycles. The number of nitrogens with zero attached hydrogens (tertiary/aromatic N) is 1. The SMILES string of the molecule is CCN=C(N)N[C@H]1C[C@@H]1C(F)F. The van der Waals surface area contributed by atoms with Crippen molar-refractivity contribution in [1.82, 2.24) is 5.32 Å². The number of guanidine groups is 1. The van der Waals surface area contributed by atoms with Crippen LogP contribution >= 0.6 is 0 Å². The monoisotopic (exact) mass is 177 g/mol. The van der Waals surface area contributed by atoms with Crippen LogP contribution in [0, 0.1) is 5.92 Å². The van der Waals surface area contributed by atoms with Gasteiger partial charge in [0.15, 0.2) is 5.96 Å². The molecule has 0 radical (unpaired) electrons. The van der Waals surface area contributed by atoms with Gasteiger partial charge in [-0.25, -0.2) is 8.78 Å². The highest BCUT2D eigenvalue weighted by molar-refractivity contribution is 5.78. The highest BCUT2D eigenvalue weighted by Crippen LogP contribution is 2.35. The maximum Gasteiger partial charge on any atom is 0.243 e. The zero-order chi connectivity index (χ0) is 9.14. The van der Waals surface area contributed by atoms with Gasteiger partial charge in [0.25, 0.3) is 0 Å². The summed E-state index contributed by atoms with van der Waals surface area (Å²) in [5.74, 6) is -0.263. The van der Waals surface area contributed by atoms with Gasteiger partial charge in [-0.1, -0.05) is 0 Å². The number of hydrogen-bond acceptors (Lipinski definition) is 1. The Morgan fingerprint density at radius 2 is 2.42 bits per heavy atom. The van der Waals surface area contributed by atoms with E-state index >= 15 is 0 Å². The van der Waals surface area contributed by atoms with Gasteiger partial charge in [0.05, 0.1) is 0 Å². The number of aliphatic imine (C=N–C) groups is 1. The summed E-state index contributed by atoms with van der Waals surface area (Å²) in [4.78, 5) is 3.84. The summed E-state index contributed by atoms with van der Waals surface area (Å²) < 4.78 is 24.0. The highest BCUT2D eigenvalue weighted by Gasteiger charge is 2.44. The lowest BCUT2D eigenvalue weighted by Gasteiger charge is -2.03. The maximum atomic E-state index is 12.0. The molecule has 1 fully saturated rings. The van der Waals surface area contributed by atoms with Crippen LogP contribution in [0.3, 0.4) is 0 Å². The minimum Gasteiger partial charge on any atom is -0.370 e. The van der Waals surface area contributed by atoms with Gasteiger partial charge in [0.2, 0.25) is 6.43 Å². The first-order valence-corrected chi connectivity index (χ1v) is 3.99. The van der Waals surface area contributed by atoms with Crippen LogP contribution in [0.5, 0.6) is 0 Å². The first-order chi connectivity index (χ1) is 5.65. The number of hydrogen-bond donors (Lipinski definition) is 2. The van der Waals surface area contributed by atoms with E-state index < -0.39 is 12.3 Å². The number of halogens is 2. The Balaban J connectivity index is 2.23. The summed E-state index contributed by atoms with van der Waals surface area (Å²) in [6, 6.07) is -0.166. The minimum atomic E-state index is -2.24. The summed E-state index contributed by atoms with van der Waals surface area (Å²) in [7, 11) is 0. The molecule has 0 aromatic rings. The van der Waals surface area contributed by atoms with Gasteiger partial charge in [-0.15, -0.1) is 0 Å². The summed E-state index contributed by atoms with van der Waals surface area (Å²) in [5, 5.41) is 2.73. The molecule has 2 atom stereocenters. The molecule has 0 unspecified atom stereocenters. The van der Waals surface area contributed by atoms with E-state index in [4.69, 9.17) is 5.73 Å². The molecule has 0 aromatic heterocycles. The van der Waals surface area contributed by atoms with Crippen LogP contribution in [0.4, 0.5) is 8.78 Å². The topological polar surface area (TPSA) is 50.4 Å². The summed E-state index contributed by atoms with van der Waals surface area (Å²) in [6.45, 7) is 2.41. The van der Waals surface area contributed by atoms with Crippen LogP contribution < -0.4 is 11.1 Å². The lowest BCUT2D eigenvalue weighted by molar-refractivity contribution is 0.120. The maximum absolute atomic E-state index is 12.0. The van der Waals surface area contributed by atoms with Crippen LogP contribution in [0.25, 0.3) is 0 Å². The predicted molar refractivity (Wildman–Crippen MR) is 43.2 cm³/mol. The summed E-state index contributed by atoms with van der Waals surface area (Å²) >= 11 is 0. The van der Waals surface area contributed by atoms with E-state index in [1.807, 2.05) is 6.92 Å². The number of nitrogens with one attached hydrogen (secondary N) is 1. The van der Waals surface area contributed by atoms with Crippen molar-refractivity contribution < 1.29 is 8.78 Å². The smallest absolute Gasteiger partial charge is 0.243 e. The fourth-order valence-corrected chi connectivity index (χ4v) is 1.07. The van der Waals surface area contributed by atoms with E-state index in [-0.39, 0.29) is 12.0 Å². The first-order valence-electron chi connectivity index (χ1n) is 3.99. The molecule has 0 spiro atoms. The van der Waals surface area contributed by atoms with Crippen molar-refractivity contribution in [3.63, 3.8) is 0 Å². The van der Waals surface area contributed by atoms with E-state index in [2.05, 4.69) is 10.3 Å². The Hall–Kier alpha value is -0.870. The van der Waals surface area contributed by atoms with Gasteiger partial charge >= 0.3 is 0 Å².